The Labute approximate surface area is 158 Å². The summed E-state index contributed by atoms with van der Waals surface area (Å²) < 4.78 is 6.61. The third-order valence-corrected chi connectivity index (χ3v) is 5.48. The van der Waals surface area contributed by atoms with Gasteiger partial charge in [0.1, 0.15) is 5.75 Å². The molecule has 0 aliphatic carbocycles. The highest BCUT2D eigenvalue weighted by atomic mass is 79.9. The average molecular weight is 420 g/mol. The minimum atomic E-state index is -0.0965. The van der Waals surface area contributed by atoms with Crippen LogP contribution < -0.4 is 9.64 Å². The molecule has 6 heteroatoms. The van der Waals surface area contributed by atoms with Crippen LogP contribution in [0.15, 0.2) is 51.8 Å². The van der Waals surface area contributed by atoms with E-state index in [1.165, 1.54) is 11.8 Å². The van der Waals surface area contributed by atoms with Crippen LogP contribution in [-0.2, 0) is 4.79 Å². The number of ether oxygens (including phenoxy) is 1. The van der Waals surface area contributed by atoms with E-state index in [4.69, 9.17) is 17.0 Å². The molecule has 0 radical (unpaired) electrons. The Bertz CT molecular complexity index is 847. The first-order valence-electron chi connectivity index (χ1n) is 7.18. The second-order valence-electron chi connectivity index (χ2n) is 5.25. The quantitative estimate of drug-likeness (QED) is 0.506. The van der Waals surface area contributed by atoms with E-state index in [1.807, 2.05) is 55.5 Å². The molecule has 1 aliphatic rings. The van der Waals surface area contributed by atoms with Crippen LogP contribution in [0.4, 0.5) is 5.69 Å². The van der Waals surface area contributed by atoms with Gasteiger partial charge in [-0.25, -0.2) is 0 Å². The minimum absolute atomic E-state index is 0.0965. The predicted molar refractivity (Wildman–Crippen MR) is 108 cm³/mol. The van der Waals surface area contributed by atoms with Crippen molar-refractivity contribution in [1.82, 2.24) is 0 Å². The second kappa shape index (κ2) is 7.09. The fraction of sp³-hybridized carbons (Fsp3) is 0.111. The Morgan fingerprint density at radius 2 is 1.92 bits per heavy atom. The van der Waals surface area contributed by atoms with Crippen LogP contribution in [0.3, 0.4) is 0 Å². The monoisotopic (exact) mass is 419 g/mol. The van der Waals surface area contributed by atoms with Crippen molar-refractivity contribution < 1.29 is 9.53 Å². The molecule has 1 aliphatic heterocycles. The van der Waals surface area contributed by atoms with Gasteiger partial charge in [0, 0.05) is 0 Å². The van der Waals surface area contributed by atoms with Crippen molar-refractivity contribution in [3.05, 3.63) is 63.0 Å². The van der Waals surface area contributed by atoms with Gasteiger partial charge >= 0.3 is 0 Å². The van der Waals surface area contributed by atoms with Crippen LogP contribution in [0.5, 0.6) is 5.75 Å². The molecule has 3 nitrogen and oxygen atoms in total. The zero-order valence-electron chi connectivity index (χ0n) is 13.1. The Morgan fingerprint density at radius 3 is 2.54 bits per heavy atom. The fourth-order valence-corrected chi connectivity index (χ4v) is 4.17. The molecule has 0 atom stereocenters. The zero-order chi connectivity index (χ0) is 17.3. The normalized spacial score (nSPS) is 16.1. The summed E-state index contributed by atoms with van der Waals surface area (Å²) in [4.78, 5) is 14.9. The molecule has 0 N–H and O–H groups in total. The van der Waals surface area contributed by atoms with Crippen molar-refractivity contribution in [2.45, 2.75) is 6.92 Å². The van der Waals surface area contributed by atoms with E-state index in [9.17, 15) is 4.79 Å². The Hall–Kier alpha value is -1.63. The lowest BCUT2D eigenvalue weighted by Crippen LogP contribution is -2.27. The number of benzene rings is 2. The number of halogens is 1. The summed E-state index contributed by atoms with van der Waals surface area (Å²) in [6, 6.07) is 13.4. The van der Waals surface area contributed by atoms with Gasteiger partial charge in [-0.05, 0) is 58.8 Å². The van der Waals surface area contributed by atoms with Crippen LogP contribution >= 0.6 is 39.9 Å². The van der Waals surface area contributed by atoms with Gasteiger partial charge in [-0.3, -0.25) is 9.69 Å². The van der Waals surface area contributed by atoms with Crippen molar-refractivity contribution in [2.75, 3.05) is 12.0 Å². The number of rotatable bonds is 3. The fourth-order valence-electron chi connectivity index (χ4n) is 2.31. The summed E-state index contributed by atoms with van der Waals surface area (Å²) in [7, 11) is 1.62. The number of carbonyl (C=O) groups excluding carboxylic acids is 1. The molecule has 0 aromatic heterocycles. The van der Waals surface area contributed by atoms with Gasteiger partial charge in [-0.2, -0.15) is 0 Å². The molecule has 24 heavy (non-hydrogen) atoms. The molecule has 0 unspecified atom stereocenters. The van der Waals surface area contributed by atoms with E-state index in [0.29, 0.717) is 9.23 Å². The lowest BCUT2D eigenvalue weighted by Gasteiger charge is -2.14. The third-order valence-electron chi connectivity index (χ3n) is 3.56. The van der Waals surface area contributed by atoms with Crippen LogP contribution in [-0.4, -0.2) is 17.3 Å². The number of hydrogen-bond donors (Lipinski definition) is 0. The first kappa shape index (κ1) is 17.2. The van der Waals surface area contributed by atoms with Crippen LogP contribution in [0.2, 0.25) is 0 Å². The summed E-state index contributed by atoms with van der Waals surface area (Å²) in [5, 5.41) is 0. The lowest BCUT2D eigenvalue weighted by atomic mass is 10.2. The molecule has 122 valence electrons. The number of hydrogen-bond acceptors (Lipinski definition) is 4. The number of methoxy groups -OCH3 is 1. The number of amides is 1. The average Bonchev–Trinajstić information content (AvgIpc) is 2.83. The summed E-state index contributed by atoms with van der Waals surface area (Å²) in [6.07, 6.45) is 1.84. The summed E-state index contributed by atoms with van der Waals surface area (Å²) >= 11 is 10.2. The zero-order valence-corrected chi connectivity index (χ0v) is 16.3. The van der Waals surface area contributed by atoms with Crippen molar-refractivity contribution in [3.8, 4) is 5.75 Å². The third kappa shape index (κ3) is 3.41. The number of thioether (sulfide) groups is 1. The highest BCUT2D eigenvalue weighted by Gasteiger charge is 2.33. The number of anilines is 1. The highest BCUT2D eigenvalue weighted by molar-refractivity contribution is 9.10. The van der Waals surface area contributed by atoms with E-state index >= 15 is 0 Å². The largest absolute Gasteiger partial charge is 0.496 e. The van der Waals surface area contributed by atoms with E-state index < -0.39 is 0 Å². The maximum atomic E-state index is 12.7. The van der Waals surface area contributed by atoms with Crippen LogP contribution in [0.25, 0.3) is 6.08 Å². The molecule has 1 saturated heterocycles. The lowest BCUT2D eigenvalue weighted by molar-refractivity contribution is -0.113. The van der Waals surface area contributed by atoms with Gasteiger partial charge in [0.25, 0.3) is 5.91 Å². The van der Waals surface area contributed by atoms with E-state index in [2.05, 4.69) is 15.9 Å². The molecule has 0 spiro atoms. The van der Waals surface area contributed by atoms with Gasteiger partial charge in [-0.1, -0.05) is 47.7 Å². The smallest absolute Gasteiger partial charge is 0.270 e. The van der Waals surface area contributed by atoms with Gasteiger partial charge in [-0.15, -0.1) is 0 Å². The summed E-state index contributed by atoms with van der Waals surface area (Å²) in [6.45, 7) is 2.01. The number of thiocarbonyl (C=S) groups is 1. The first-order chi connectivity index (χ1) is 11.5. The molecule has 2 aromatic carbocycles. The Morgan fingerprint density at radius 1 is 1.21 bits per heavy atom. The molecule has 1 amide bonds. The van der Waals surface area contributed by atoms with Crippen LogP contribution in [0.1, 0.15) is 11.1 Å². The minimum Gasteiger partial charge on any atom is -0.496 e. The van der Waals surface area contributed by atoms with Gasteiger partial charge in [0.15, 0.2) is 4.32 Å². The van der Waals surface area contributed by atoms with Gasteiger partial charge in [0.05, 0.1) is 22.2 Å². The molecule has 2 aromatic rings. The summed E-state index contributed by atoms with van der Waals surface area (Å²) in [5.41, 5.74) is 2.84. The maximum absolute atomic E-state index is 12.7. The number of carbonyl (C=O) groups is 1. The van der Waals surface area contributed by atoms with Crippen molar-refractivity contribution in [1.29, 1.82) is 0 Å². The topological polar surface area (TPSA) is 29.5 Å². The molecule has 1 fully saturated rings. The molecule has 1 heterocycles. The van der Waals surface area contributed by atoms with Gasteiger partial charge < -0.3 is 4.74 Å². The van der Waals surface area contributed by atoms with Crippen molar-refractivity contribution in [2.24, 2.45) is 0 Å². The predicted octanol–water partition coefficient (Wildman–Crippen LogP) is 5.17. The highest BCUT2D eigenvalue weighted by Crippen LogP contribution is 2.36. The standard InChI is InChI=1S/C18H14BrNO2S2/c1-11-3-6-13(7-4-11)20-17(21)16(24-18(20)23)10-12-5-8-15(22-2)14(19)9-12/h3-10H,1-2H3. The maximum Gasteiger partial charge on any atom is 0.270 e. The van der Waals surface area contributed by atoms with Crippen molar-refractivity contribution >= 4 is 61.9 Å². The van der Waals surface area contributed by atoms with Gasteiger partial charge in [0.2, 0.25) is 0 Å². The van der Waals surface area contributed by atoms with E-state index in [-0.39, 0.29) is 5.91 Å². The molecule has 0 bridgehead atoms. The Balaban J connectivity index is 1.90. The Kier molecular flexibility index (Phi) is 5.08. The van der Waals surface area contributed by atoms with E-state index in [1.54, 1.807) is 12.0 Å². The number of aryl methyl sites for hydroxylation is 1. The van der Waals surface area contributed by atoms with Crippen LogP contribution in [0, 0.1) is 6.92 Å². The van der Waals surface area contributed by atoms with E-state index in [0.717, 1.165) is 27.0 Å². The second-order valence-corrected chi connectivity index (χ2v) is 7.78. The molecule has 3 rings (SSSR count). The molecule has 0 saturated carbocycles. The van der Waals surface area contributed by atoms with Crippen molar-refractivity contribution in [3.63, 3.8) is 0 Å². The summed E-state index contributed by atoms with van der Waals surface area (Å²) in [5.74, 6) is 0.653. The SMILES string of the molecule is COc1ccc(C=C2SC(=S)N(c3ccc(C)cc3)C2=O)cc1Br. The molecular formula is C18H14BrNO2S2. The number of nitrogens with zero attached hydrogens (tertiary/aromatic N) is 1. The first-order valence-corrected chi connectivity index (χ1v) is 9.19. The molecular weight excluding hydrogens is 406 g/mol.